The minimum absolute atomic E-state index is 0.0575. The van der Waals surface area contributed by atoms with Crippen molar-refractivity contribution in [3.63, 3.8) is 0 Å². The van der Waals surface area contributed by atoms with E-state index in [0.29, 0.717) is 23.7 Å². The van der Waals surface area contributed by atoms with Crippen molar-refractivity contribution >= 4 is 11.9 Å². The Morgan fingerprint density at radius 1 is 1.04 bits per heavy atom. The highest BCUT2D eigenvalue weighted by atomic mass is 16.5. The molecule has 3 saturated carbocycles. The van der Waals surface area contributed by atoms with Gasteiger partial charge in [-0.2, -0.15) is 0 Å². The van der Waals surface area contributed by atoms with E-state index in [2.05, 4.69) is 26.8 Å². The molecule has 0 spiro atoms. The first-order valence-electron chi connectivity index (χ1n) is 11.2. The summed E-state index contributed by atoms with van der Waals surface area (Å²) in [6.45, 7) is 10.2. The Bertz CT molecular complexity index is 697. The van der Waals surface area contributed by atoms with Crippen molar-refractivity contribution in [1.29, 1.82) is 0 Å². The van der Waals surface area contributed by atoms with Gasteiger partial charge in [-0.3, -0.25) is 9.59 Å². The highest BCUT2D eigenvalue weighted by Gasteiger charge is 2.61. The fraction of sp³-hybridized carbons (Fsp3) is 0.833. The molecule has 0 aromatic carbocycles. The molecule has 3 fully saturated rings. The second-order valence-electron chi connectivity index (χ2n) is 10.5. The van der Waals surface area contributed by atoms with Gasteiger partial charge >= 0.3 is 11.9 Å². The Labute approximate surface area is 169 Å². The second-order valence-corrected chi connectivity index (χ2v) is 10.5. The smallest absolute Gasteiger partial charge is 0.302 e. The number of carbonyl (C=O) groups is 2. The van der Waals surface area contributed by atoms with Crippen LogP contribution in [0.3, 0.4) is 0 Å². The van der Waals surface area contributed by atoms with E-state index >= 15 is 0 Å². The van der Waals surface area contributed by atoms with Crippen molar-refractivity contribution in [2.75, 3.05) is 0 Å². The van der Waals surface area contributed by atoms with Crippen molar-refractivity contribution in [1.82, 2.24) is 0 Å². The first-order chi connectivity index (χ1) is 13.1. The van der Waals surface area contributed by atoms with Crippen LogP contribution in [0.1, 0.15) is 79.6 Å². The molecule has 0 heterocycles. The molecule has 0 radical (unpaired) electrons. The number of hydrogen-bond donors (Lipinski definition) is 0. The Morgan fingerprint density at radius 2 is 1.75 bits per heavy atom. The maximum Gasteiger partial charge on any atom is 0.302 e. The van der Waals surface area contributed by atoms with Crippen molar-refractivity contribution in [2.24, 2.45) is 34.5 Å². The fourth-order valence-corrected chi connectivity index (χ4v) is 7.71. The summed E-state index contributed by atoms with van der Waals surface area (Å²) in [5.41, 5.74) is 1.88. The number of ether oxygens (including phenoxy) is 2. The van der Waals surface area contributed by atoms with Gasteiger partial charge in [0.1, 0.15) is 12.2 Å². The lowest BCUT2D eigenvalue weighted by atomic mass is 9.48. The second kappa shape index (κ2) is 6.88. The molecule has 0 bridgehead atoms. The monoisotopic (exact) mass is 388 g/mol. The molecule has 4 aliphatic rings. The number of fused-ring (bicyclic) bond motifs is 5. The predicted molar refractivity (Wildman–Crippen MR) is 107 cm³/mol. The van der Waals surface area contributed by atoms with Gasteiger partial charge in [-0.15, -0.1) is 0 Å². The first kappa shape index (κ1) is 20.0. The van der Waals surface area contributed by atoms with Crippen molar-refractivity contribution < 1.29 is 19.1 Å². The summed E-state index contributed by atoms with van der Waals surface area (Å²) in [5, 5.41) is 0. The van der Waals surface area contributed by atoms with Gasteiger partial charge in [-0.25, -0.2) is 0 Å². The topological polar surface area (TPSA) is 52.6 Å². The molecule has 0 saturated heterocycles. The number of allylic oxidation sites excluding steroid dienone is 1. The van der Waals surface area contributed by atoms with Crippen molar-refractivity contribution in [3.8, 4) is 0 Å². The standard InChI is InChI=1S/C24H36O4/c1-14-12-21-19-7-6-17-13-18(27-15(2)25)8-10-23(17,4)20(19)9-11-24(21,5)22(14)28-16(3)26/h6,14,18-22H,7-13H2,1-5H3/t14-,18-,19+,20-,21-,22-,23-,24-/m0/s1. The molecule has 0 unspecified atom stereocenters. The lowest BCUT2D eigenvalue weighted by molar-refractivity contribution is -0.159. The van der Waals surface area contributed by atoms with E-state index < -0.39 is 0 Å². The van der Waals surface area contributed by atoms with Crippen LogP contribution >= 0.6 is 0 Å². The Hall–Kier alpha value is -1.32. The lowest BCUT2D eigenvalue weighted by Crippen LogP contribution is -2.51. The lowest BCUT2D eigenvalue weighted by Gasteiger charge is -2.57. The molecule has 0 aliphatic heterocycles. The van der Waals surface area contributed by atoms with Crippen LogP contribution in [-0.2, 0) is 19.1 Å². The van der Waals surface area contributed by atoms with Crippen molar-refractivity contribution in [3.05, 3.63) is 11.6 Å². The summed E-state index contributed by atoms with van der Waals surface area (Å²) < 4.78 is 11.4. The normalized spacial score (nSPS) is 47.2. The summed E-state index contributed by atoms with van der Waals surface area (Å²) in [4.78, 5) is 23.1. The summed E-state index contributed by atoms with van der Waals surface area (Å²) in [6, 6.07) is 0. The van der Waals surface area contributed by atoms with Gasteiger partial charge in [0.25, 0.3) is 0 Å². The molecule has 4 aliphatic carbocycles. The zero-order chi connectivity index (χ0) is 20.3. The molecule has 4 heteroatoms. The zero-order valence-corrected chi connectivity index (χ0v) is 18.1. The minimum atomic E-state index is -0.159. The van der Waals surface area contributed by atoms with Crippen LogP contribution in [0.5, 0.6) is 0 Å². The number of esters is 2. The maximum atomic E-state index is 11.7. The Morgan fingerprint density at radius 3 is 2.43 bits per heavy atom. The van der Waals surface area contributed by atoms with E-state index in [1.54, 1.807) is 6.92 Å². The minimum Gasteiger partial charge on any atom is -0.462 e. The van der Waals surface area contributed by atoms with Crippen LogP contribution in [0.25, 0.3) is 0 Å². The highest BCUT2D eigenvalue weighted by molar-refractivity contribution is 5.66. The fourth-order valence-electron chi connectivity index (χ4n) is 7.71. The first-order valence-corrected chi connectivity index (χ1v) is 11.2. The van der Waals surface area contributed by atoms with Gasteiger partial charge in [0.2, 0.25) is 0 Å². The molecular formula is C24H36O4. The molecule has 28 heavy (non-hydrogen) atoms. The van der Waals surface area contributed by atoms with Gasteiger partial charge in [0, 0.05) is 25.7 Å². The Kier molecular flexibility index (Phi) is 4.91. The van der Waals surface area contributed by atoms with Gasteiger partial charge < -0.3 is 9.47 Å². The van der Waals surface area contributed by atoms with E-state index in [-0.39, 0.29) is 35.0 Å². The van der Waals surface area contributed by atoms with Gasteiger partial charge in [-0.05, 0) is 67.6 Å². The van der Waals surface area contributed by atoms with Gasteiger partial charge in [0.05, 0.1) is 0 Å². The highest BCUT2D eigenvalue weighted by Crippen LogP contribution is 2.66. The maximum absolute atomic E-state index is 11.7. The molecule has 4 rings (SSSR count). The molecule has 156 valence electrons. The van der Waals surface area contributed by atoms with E-state index in [4.69, 9.17) is 9.47 Å². The molecule has 8 atom stereocenters. The third-order valence-electron chi connectivity index (χ3n) is 8.91. The average molecular weight is 389 g/mol. The molecule has 4 nitrogen and oxygen atoms in total. The number of rotatable bonds is 2. The van der Waals surface area contributed by atoms with Gasteiger partial charge in [0.15, 0.2) is 0 Å². The van der Waals surface area contributed by atoms with E-state index in [0.717, 1.165) is 32.1 Å². The quantitative estimate of drug-likeness (QED) is 0.490. The third kappa shape index (κ3) is 3.02. The average Bonchev–Trinajstić information content (AvgIpc) is 2.85. The van der Waals surface area contributed by atoms with Crippen LogP contribution in [0.2, 0.25) is 0 Å². The van der Waals surface area contributed by atoms with Gasteiger partial charge in [-0.1, -0.05) is 32.4 Å². The third-order valence-corrected chi connectivity index (χ3v) is 8.91. The van der Waals surface area contributed by atoms with E-state index in [9.17, 15) is 9.59 Å². The van der Waals surface area contributed by atoms with Crippen LogP contribution < -0.4 is 0 Å². The largest absolute Gasteiger partial charge is 0.462 e. The summed E-state index contributed by atoms with van der Waals surface area (Å²) in [5.74, 6) is 2.16. The van der Waals surface area contributed by atoms with E-state index in [1.807, 2.05) is 0 Å². The van der Waals surface area contributed by atoms with Crippen LogP contribution in [-0.4, -0.2) is 24.1 Å². The predicted octanol–water partition coefficient (Wildman–Crippen LogP) is 5.06. The number of carbonyl (C=O) groups excluding carboxylic acids is 2. The molecule has 0 aromatic heterocycles. The van der Waals surface area contributed by atoms with Crippen LogP contribution in [0.15, 0.2) is 11.6 Å². The van der Waals surface area contributed by atoms with Crippen LogP contribution in [0.4, 0.5) is 0 Å². The molecule has 0 N–H and O–H groups in total. The molecular weight excluding hydrogens is 352 g/mol. The molecule has 0 aromatic rings. The Balaban J connectivity index is 1.58. The molecule has 0 amide bonds. The van der Waals surface area contributed by atoms with Crippen molar-refractivity contribution in [2.45, 2.75) is 91.8 Å². The summed E-state index contributed by atoms with van der Waals surface area (Å²) in [6.07, 6.45) is 10.3. The number of hydrogen-bond acceptors (Lipinski definition) is 4. The van der Waals surface area contributed by atoms with E-state index in [1.165, 1.54) is 25.3 Å². The zero-order valence-electron chi connectivity index (χ0n) is 18.1. The summed E-state index contributed by atoms with van der Waals surface area (Å²) in [7, 11) is 0. The summed E-state index contributed by atoms with van der Waals surface area (Å²) >= 11 is 0. The SMILES string of the molecule is CC(=O)O[C@H]1CC[C@@]2(C)C(=CC[C@H]3[C@@H]4C[C@H](C)[C@H](OC(C)=O)[C@@]4(C)CC[C@@H]32)C1. The van der Waals surface area contributed by atoms with Crippen LogP contribution in [0, 0.1) is 34.5 Å².